The van der Waals surface area contributed by atoms with Gasteiger partial charge in [-0.2, -0.15) is 5.10 Å². The largest absolute Gasteiger partial charge is 0.481 e. The third-order valence-corrected chi connectivity index (χ3v) is 3.36. The smallest absolute Gasteiger partial charge is 0.305 e. The molecule has 0 aliphatic carbocycles. The number of ether oxygens (including phenoxy) is 1. The quantitative estimate of drug-likeness (QED) is 0.828. The molecule has 2 rings (SSSR count). The van der Waals surface area contributed by atoms with Crippen LogP contribution in [0.15, 0.2) is 12.3 Å². The van der Waals surface area contributed by atoms with Gasteiger partial charge in [-0.3, -0.25) is 14.4 Å². The van der Waals surface area contributed by atoms with Crippen LogP contribution in [-0.2, 0) is 23.1 Å². The van der Waals surface area contributed by atoms with Gasteiger partial charge in [-0.1, -0.05) is 0 Å². The van der Waals surface area contributed by atoms with E-state index in [4.69, 9.17) is 9.84 Å². The lowest BCUT2D eigenvalue weighted by molar-refractivity contribution is -0.138. The van der Waals surface area contributed by atoms with Crippen LogP contribution in [0.3, 0.4) is 0 Å². The number of aliphatic carboxylic acids is 1. The first-order valence-electron chi connectivity index (χ1n) is 6.68. The predicted molar refractivity (Wildman–Crippen MR) is 69.7 cm³/mol. The van der Waals surface area contributed by atoms with Crippen LogP contribution in [0.4, 0.5) is 0 Å². The minimum absolute atomic E-state index is 0.0914. The van der Waals surface area contributed by atoms with Crippen LogP contribution >= 0.6 is 0 Å². The van der Waals surface area contributed by atoms with Crippen LogP contribution in [0.25, 0.3) is 0 Å². The fraction of sp³-hybridized carbons (Fsp3) is 0.692. The van der Waals surface area contributed by atoms with Crippen molar-refractivity contribution in [2.24, 2.45) is 7.05 Å². The molecule has 1 N–H and O–H groups in total. The van der Waals surface area contributed by atoms with Gasteiger partial charge in [-0.25, -0.2) is 0 Å². The summed E-state index contributed by atoms with van der Waals surface area (Å²) >= 11 is 0. The number of aromatic nitrogens is 2. The highest BCUT2D eigenvalue weighted by atomic mass is 16.5. The standard InChI is InChI=1S/C13H21N3O3/c1-15-6-2-11(14-15)10-16-7-3-12(4-8-16)19-9-5-13(17)18/h2,6,12H,3-5,7-10H2,1H3,(H,17,18). The first-order chi connectivity index (χ1) is 9.13. The van der Waals surface area contributed by atoms with Crippen LogP contribution in [0.2, 0.25) is 0 Å². The molecule has 0 spiro atoms. The van der Waals surface area contributed by atoms with Gasteiger partial charge in [0.1, 0.15) is 0 Å². The summed E-state index contributed by atoms with van der Waals surface area (Å²) < 4.78 is 7.39. The maximum Gasteiger partial charge on any atom is 0.305 e. The highest BCUT2D eigenvalue weighted by Gasteiger charge is 2.20. The van der Waals surface area contributed by atoms with Crippen molar-refractivity contribution < 1.29 is 14.6 Å². The van der Waals surface area contributed by atoms with Gasteiger partial charge in [0.2, 0.25) is 0 Å². The number of rotatable bonds is 6. The van der Waals surface area contributed by atoms with Crippen LogP contribution < -0.4 is 0 Å². The molecule has 1 aromatic heterocycles. The predicted octanol–water partition coefficient (Wildman–Crippen LogP) is 0.876. The Labute approximate surface area is 113 Å². The Morgan fingerprint density at radius 2 is 2.26 bits per heavy atom. The van der Waals surface area contributed by atoms with E-state index in [9.17, 15) is 4.79 Å². The zero-order valence-electron chi connectivity index (χ0n) is 11.3. The van der Waals surface area contributed by atoms with Gasteiger partial charge < -0.3 is 9.84 Å². The molecule has 0 atom stereocenters. The SMILES string of the molecule is Cn1ccc(CN2CCC(OCCC(=O)O)CC2)n1. The molecule has 0 aromatic carbocycles. The van der Waals surface area contributed by atoms with E-state index in [0.717, 1.165) is 38.2 Å². The third kappa shape index (κ3) is 4.65. The molecule has 1 aromatic rings. The highest BCUT2D eigenvalue weighted by molar-refractivity contribution is 5.66. The van der Waals surface area contributed by atoms with Gasteiger partial charge in [0.05, 0.1) is 24.8 Å². The summed E-state index contributed by atoms with van der Waals surface area (Å²) in [6, 6.07) is 2.04. The molecule has 1 aliphatic heterocycles. The van der Waals surface area contributed by atoms with Gasteiger partial charge in [0.15, 0.2) is 0 Å². The summed E-state index contributed by atoms with van der Waals surface area (Å²) in [4.78, 5) is 12.8. The van der Waals surface area contributed by atoms with Crippen molar-refractivity contribution in [1.29, 1.82) is 0 Å². The van der Waals surface area contributed by atoms with Crippen molar-refractivity contribution in [2.45, 2.75) is 31.9 Å². The number of hydrogen-bond acceptors (Lipinski definition) is 4. The van der Waals surface area contributed by atoms with Crippen LogP contribution in [0.1, 0.15) is 25.0 Å². The average Bonchev–Trinajstić information content (AvgIpc) is 2.77. The molecule has 0 saturated carbocycles. The lowest BCUT2D eigenvalue weighted by atomic mass is 10.1. The molecule has 6 nitrogen and oxygen atoms in total. The maximum atomic E-state index is 10.4. The van der Waals surface area contributed by atoms with Crippen molar-refractivity contribution in [1.82, 2.24) is 14.7 Å². The Balaban J connectivity index is 1.66. The number of nitrogens with zero attached hydrogens (tertiary/aromatic N) is 3. The fourth-order valence-corrected chi connectivity index (χ4v) is 2.32. The van der Waals surface area contributed by atoms with Crippen molar-refractivity contribution >= 4 is 5.97 Å². The number of hydrogen-bond donors (Lipinski definition) is 1. The number of carboxylic acids is 1. The second-order valence-corrected chi connectivity index (χ2v) is 4.97. The number of piperidine rings is 1. The first-order valence-corrected chi connectivity index (χ1v) is 6.68. The van der Waals surface area contributed by atoms with Crippen LogP contribution in [0, 0.1) is 0 Å². The summed E-state index contributed by atoms with van der Waals surface area (Å²) in [6.07, 6.45) is 4.18. The molecule has 0 radical (unpaired) electrons. The summed E-state index contributed by atoms with van der Waals surface area (Å²) in [6.45, 7) is 3.16. The van der Waals surface area contributed by atoms with Crippen LogP contribution in [-0.4, -0.2) is 51.6 Å². The lowest BCUT2D eigenvalue weighted by Gasteiger charge is -2.31. The summed E-state index contributed by atoms with van der Waals surface area (Å²) in [5, 5.41) is 12.9. The molecule has 1 aliphatic rings. The van der Waals surface area contributed by atoms with E-state index in [1.807, 2.05) is 24.0 Å². The Kier molecular flexibility index (Phi) is 4.93. The van der Waals surface area contributed by atoms with Gasteiger partial charge in [-0.05, 0) is 18.9 Å². The van der Waals surface area contributed by atoms with E-state index in [2.05, 4.69) is 10.00 Å². The molecule has 1 saturated heterocycles. The van der Waals surface area contributed by atoms with Gasteiger partial charge in [-0.15, -0.1) is 0 Å². The molecule has 0 unspecified atom stereocenters. The normalized spacial score (nSPS) is 17.7. The second-order valence-electron chi connectivity index (χ2n) is 4.97. The number of aryl methyl sites for hydroxylation is 1. The monoisotopic (exact) mass is 267 g/mol. The minimum Gasteiger partial charge on any atom is -0.481 e. The molecular formula is C13H21N3O3. The van der Waals surface area contributed by atoms with Gasteiger partial charge >= 0.3 is 5.97 Å². The van der Waals surface area contributed by atoms with E-state index >= 15 is 0 Å². The Morgan fingerprint density at radius 3 is 2.84 bits per heavy atom. The Morgan fingerprint density at radius 1 is 1.53 bits per heavy atom. The van der Waals surface area contributed by atoms with Gasteiger partial charge in [0.25, 0.3) is 0 Å². The van der Waals surface area contributed by atoms with Crippen molar-refractivity contribution in [3.63, 3.8) is 0 Å². The zero-order valence-corrected chi connectivity index (χ0v) is 11.3. The number of carbonyl (C=O) groups is 1. The minimum atomic E-state index is -0.799. The summed E-state index contributed by atoms with van der Waals surface area (Å²) in [7, 11) is 1.92. The molecule has 0 bridgehead atoms. The number of carboxylic acid groups (broad SMARTS) is 1. The molecule has 1 fully saturated rings. The van der Waals surface area contributed by atoms with E-state index in [0.29, 0.717) is 6.61 Å². The fourth-order valence-electron chi connectivity index (χ4n) is 2.32. The zero-order chi connectivity index (χ0) is 13.7. The van der Waals surface area contributed by atoms with E-state index in [1.165, 1.54) is 0 Å². The van der Waals surface area contributed by atoms with E-state index in [-0.39, 0.29) is 12.5 Å². The van der Waals surface area contributed by atoms with Crippen LogP contribution in [0.5, 0.6) is 0 Å². The highest BCUT2D eigenvalue weighted by Crippen LogP contribution is 2.15. The Bertz CT molecular complexity index is 411. The first kappa shape index (κ1) is 14.0. The van der Waals surface area contributed by atoms with Crippen molar-refractivity contribution in [3.05, 3.63) is 18.0 Å². The lowest BCUT2D eigenvalue weighted by Crippen LogP contribution is -2.36. The Hall–Kier alpha value is -1.40. The molecule has 2 heterocycles. The number of likely N-dealkylation sites (tertiary alicyclic amines) is 1. The molecule has 19 heavy (non-hydrogen) atoms. The van der Waals surface area contributed by atoms with Gasteiger partial charge in [0, 0.05) is 32.9 Å². The summed E-state index contributed by atoms with van der Waals surface area (Å²) in [5.74, 6) is -0.799. The second kappa shape index (κ2) is 6.68. The van der Waals surface area contributed by atoms with E-state index in [1.54, 1.807) is 0 Å². The molecule has 6 heteroatoms. The third-order valence-electron chi connectivity index (χ3n) is 3.36. The van der Waals surface area contributed by atoms with E-state index < -0.39 is 5.97 Å². The van der Waals surface area contributed by atoms with Crippen molar-refractivity contribution in [3.8, 4) is 0 Å². The molecule has 0 amide bonds. The molecule has 106 valence electrons. The topological polar surface area (TPSA) is 67.6 Å². The molecular weight excluding hydrogens is 246 g/mol. The maximum absolute atomic E-state index is 10.4. The van der Waals surface area contributed by atoms with Crippen molar-refractivity contribution in [2.75, 3.05) is 19.7 Å². The summed E-state index contributed by atoms with van der Waals surface area (Å²) in [5.41, 5.74) is 1.09. The average molecular weight is 267 g/mol.